The highest BCUT2D eigenvalue weighted by molar-refractivity contribution is 5.76. The molecule has 0 unspecified atom stereocenters. The minimum absolute atomic E-state index is 0.599. The van der Waals surface area contributed by atoms with E-state index in [-0.39, 0.29) is 0 Å². The molecular weight excluding hydrogens is 296 g/mol. The van der Waals surface area contributed by atoms with Crippen LogP contribution in [0, 0.1) is 6.92 Å². The van der Waals surface area contributed by atoms with Crippen LogP contribution in [0.25, 0.3) is 11.1 Å². The van der Waals surface area contributed by atoms with E-state index in [1.807, 2.05) is 61.5 Å². The van der Waals surface area contributed by atoms with Gasteiger partial charge in [-0.15, -0.1) is 0 Å². The first-order valence-electron chi connectivity index (χ1n) is 7.83. The van der Waals surface area contributed by atoms with Gasteiger partial charge in [0.05, 0.1) is 0 Å². The second-order valence-electron chi connectivity index (χ2n) is 6.08. The van der Waals surface area contributed by atoms with Crippen LogP contribution in [0.1, 0.15) is 16.7 Å². The number of hydrogen-bond acceptors (Lipinski definition) is 4. The Labute approximate surface area is 142 Å². The molecule has 3 rings (SSSR count). The van der Waals surface area contributed by atoms with Crippen molar-refractivity contribution in [2.75, 3.05) is 22.9 Å². The summed E-state index contributed by atoms with van der Waals surface area (Å²) in [6, 6.07) is 17.8. The van der Waals surface area contributed by atoms with Gasteiger partial charge >= 0.3 is 0 Å². The van der Waals surface area contributed by atoms with Crippen molar-refractivity contribution in [2.45, 2.75) is 13.3 Å². The Hall–Kier alpha value is -3.14. The summed E-state index contributed by atoms with van der Waals surface area (Å²) >= 11 is 0. The molecule has 24 heavy (non-hydrogen) atoms. The van der Waals surface area contributed by atoms with Crippen LogP contribution in [0.4, 0.5) is 22.7 Å². The quantitative estimate of drug-likeness (QED) is 0.554. The van der Waals surface area contributed by atoms with Crippen LogP contribution in [-0.2, 0) is 6.42 Å². The Bertz CT molecular complexity index is 839. The molecule has 0 heterocycles. The molecular formula is C20H22N4. The van der Waals surface area contributed by atoms with E-state index in [0.717, 1.165) is 27.8 Å². The maximum atomic E-state index is 6.27. The normalized spacial score (nSPS) is 10.7. The van der Waals surface area contributed by atoms with Crippen LogP contribution in [0.3, 0.4) is 0 Å². The molecule has 0 amide bonds. The SMILES string of the molecule is Cc1c(N)cc(Cc2c(N)cc(-c3ccccc3)cc2N)cc1N. The highest BCUT2D eigenvalue weighted by Gasteiger charge is 2.11. The molecule has 0 aliphatic carbocycles. The molecule has 4 heteroatoms. The average molecular weight is 318 g/mol. The Morgan fingerprint density at radius 1 is 0.667 bits per heavy atom. The fourth-order valence-corrected chi connectivity index (χ4v) is 2.85. The molecule has 0 fully saturated rings. The first-order chi connectivity index (χ1) is 11.5. The summed E-state index contributed by atoms with van der Waals surface area (Å²) in [5, 5.41) is 0. The minimum Gasteiger partial charge on any atom is -0.398 e. The van der Waals surface area contributed by atoms with Gasteiger partial charge < -0.3 is 22.9 Å². The predicted molar refractivity (Wildman–Crippen MR) is 104 cm³/mol. The summed E-state index contributed by atoms with van der Waals surface area (Å²) in [6.45, 7) is 1.91. The van der Waals surface area contributed by atoms with E-state index in [2.05, 4.69) is 0 Å². The molecule has 122 valence electrons. The standard InChI is InChI=1S/C20H22N4/c1-12-17(21)8-13(9-18(12)22)7-16-19(23)10-15(11-20(16)24)14-5-3-2-4-6-14/h2-6,8-11H,7,21-24H2,1H3. The Kier molecular flexibility index (Phi) is 4.04. The minimum atomic E-state index is 0.599. The Balaban J connectivity index is 1.98. The molecule has 0 atom stereocenters. The van der Waals surface area contributed by atoms with Crippen molar-refractivity contribution in [3.8, 4) is 11.1 Å². The third-order valence-corrected chi connectivity index (χ3v) is 4.35. The zero-order valence-electron chi connectivity index (χ0n) is 13.7. The van der Waals surface area contributed by atoms with Crippen molar-refractivity contribution in [1.82, 2.24) is 0 Å². The maximum Gasteiger partial charge on any atom is 0.0376 e. The number of nitrogen functional groups attached to an aromatic ring is 4. The van der Waals surface area contributed by atoms with Crippen LogP contribution in [0.2, 0.25) is 0 Å². The van der Waals surface area contributed by atoms with Crippen molar-refractivity contribution < 1.29 is 0 Å². The number of anilines is 4. The number of benzene rings is 3. The highest BCUT2D eigenvalue weighted by Crippen LogP contribution is 2.31. The monoisotopic (exact) mass is 318 g/mol. The second-order valence-corrected chi connectivity index (χ2v) is 6.08. The van der Waals surface area contributed by atoms with E-state index in [9.17, 15) is 0 Å². The summed E-state index contributed by atoms with van der Waals surface area (Å²) in [7, 11) is 0. The van der Waals surface area contributed by atoms with Crippen molar-refractivity contribution in [3.05, 3.63) is 71.3 Å². The molecule has 8 N–H and O–H groups in total. The van der Waals surface area contributed by atoms with Gasteiger partial charge in [0.1, 0.15) is 0 Å². The van der Waals surface area contributed by atoms with E-state index in [1.54, 1.807) is 0 Å². The van der Waals surface area contributed by atoms with E-state index in [0.29, 0.717) is 29.2 Å². The molecule has 0 saturated carbocycles. The number of rotatable bonds is 3. The molecule has 0 aliphatic heterocycles. The molecule has 0 bridgehead atoms. The van der Waals surface area contributed by atoms with Gasteiger partial charge in [-0.25, -0.2) is 0 Å². The molecule has 0 radical (unpaired) electrons. The summed E-state index contributed by atoms with van der Waals surface area (Å²) in [6.07, 6.45) is 0.599. The molecule has 0 aromatic heterocycles. The first kappa shape index (κ1) is 15.7. The summed E-state index contributed by atoms with van der Waals surface area (Å²) in [5.74, 6) is 0. The lowest BCUT2D eigenvalue weighted by molar-refractivity contribution is 1.20. The molecule has 3 aromatic carbocycles. The van der Waals surface area contributed by atoms with Crippen molar-refractivity contribution >= 4 is 22.7 Å². The van der Waals surface area contributed by atoms with Crippen LogP contribution in [0.15, 0.2) is 54.6 Å². The fourth-order valence-electron chi connectivity index (χ4n) is 2.85. The van der Waals surface area contributed by atoms with E-state index in [1.165, 1.54) is 0 Å². The van der Waals surface area contributed by atoms with Gasteiger partial charge in [0.2, 0.25) is 0 Å². The lowest BCUT2D eigenvalue weighted by atomic mass is 9.95. The third kappa shape index (κ3) is 2.99. The summed E-state index contributed by atoms with van der Waals surface area (Å²) in [5.41, 5.74) is 32.2. The van der Waals surface area contributed by atoms with Crippen LogP contribution in [0.5, 0.6) is 0 Å². The van der Waals surface area contributed by atoms with Crippen molar-refractivity contribution in [1.29, 1.82) is 0 Å². The van der Waals surface area contributed by atoms with Crippen LogP contribution < -0.4 is 22.9 Å². The topological polar surface area (TPSA) is 104 Å². The maximum absolute atomic E-state index is 6.27. The van der Waals surface area contributed by atoms with E-state index < -0.39 is 0 Å². The van der Waals surface area contributed by atoms with E-state index in [4.69, 9.17) is 22.9 Å². The zero-order valence-corrected chi connectivity index (χ0v) is 13.7. The summed E-state index contributed by atoms with van der Waals surface area (Å²) < 4.78 is 0. The van der Waals surface area contributed by atoms with Gasteiger partial charge in [0.15, 0.2) is 0 Å². The molecule has 0 aliphatic rings. The largest absolute Gasteiger partial charge is 0.398 e. The lowest BCUT2D eigenvalue weighted by Gasteiger charge is -2.14. The van der Waals surface area contributed by atoms with Crippen molar-refractivity contribution in [2.24, 2.45) is 0 Å². The molecule has 3 aromatic rings. The molecule has 4 nitrogen and oxygen atoms in total. The van der Waals surface area contributed by atoms with Crippen molar-refractivity contribution in [3.63, 3.8) is 0 Å². The van der Waals surface area contributed by atoms with Gasteiger partial charge in [-0.2, -0.15) is 0 Å². The molecule has 0 spiro atoms. The van der Waals surface area contributed by atoms with Crippen LogP contribution in [-0.4, -0.2) is 0 Å². The number of nitrogens with two attached hydrogens (primary N) is 4. The Morgan fingerprint density at radius 2 is 1.21 bits per heavy atom. The molecule has 0 saturated heterocycles. The lowest BCUT2D eigenvalue weighted by Crippen LogP contribution is -2.04. The van der Waals surface area contributed by atoms with Gasteiger partial charge in [0.25, 0.3) is 0 Å². The summed E-state index contributed by atoms with van der Waals surface area (Å²) in [4.78, 5) is 0. The van der Waals surface area contributed by atoms with Crippen LogP contribution >= 0.6 is 0 Å². The highest BCUT2D eigenvalue weighted by atomic mass is 14.6. The average Bonchev–Trinajstić information content (AvgIpc) is 2.56. The third-order valence-electron chi connectivity index (χ3n) is 4.35. The first-order valence-corrected chi connectivity index (χ1v) is 7.83. The zero-order chi connectivity index (χ0) is 17.3. The van der Waals surface area contributed by atoms with E-state index >= 15 is 0 Å². The van der Waals surface area contributed by atoms with Gasteiger partial charge in [0, 0.05) is 34.7 Å². The predicted octanol–water partition coefficient (Wildman–Crippen LogP) is 3.58. The second kappa shape index (κ2) is 6.16. The number of hydrogen-bond donors (Lipinski definition) is 4. The van der Waals surface area contributed by atoms with Gasteiger partial charge in [-0.05, 0) is 53.4 Å². The smallest absolute Gasteiger partial charge is 0.0376 e. The van der Waals surface area contributed by atoms with Gasteiger partial charge in [-0.1, -0.05) is 30.3 Å². The Morgan fingerprint density at radius 3 is 1.75 bits per heavy atom. The van der Waals surface area contributed by atoms with Gasteiger partial charge in [-0.3, -0.25) is 0 Å². The fraction of sp³-hybridized carbons (Fsp3) is 0.100.